The van der Waals surface area contributed by atoms with E-state index in [2.05, 4.69) is 35.0 Å². The van der Waals surface area contributed by atoms with E-state index >= 15 is 0 Å². The second kappa shape index (κ2) is 7.15. The highest BCUT2D eigenvalue weighted by molar-refractivity contribution is 7.09. The molecular formula is C16H24N4S. The van der Waals surface area contributed by atoms with Crippen LogP contribution in [0.2, 0.25) is 0 Å². The van der Waals surface area contributed by atoms with Crippen molar-refractivity contribution in [1.82, 2.24) is 9.88 Å². The molecule has 21 heavy (non-hydrogen) atoms. The quantitative estimate of drug-likeness (QED) is 0.783. The summed E-state index contributed by atoms with van der Waals surface area (Å²) in [7, 11) is 4.29. The number of hydrogen-bond acceptors (Lipinski definition) is 5. The monoisotopic (exact) mass is 304 g/mol. The van der Waals surface area contributed by atoms with Gasteiger partial charge in [0.15, 0.2) is 0 Å². The standard InChI is InChI=1S/C16H24N4S/c1-13-11-21-15(19-13)14(9-17)10-18-12-16(20(2)3)7-5-4-6-8-16/h10-11,14H,4-8,12H2,1-3H3/t14-/m1/s1. The summed E-state index contributed by atoms with van der Waals surface area (Å²) in [5, 5.41) is 12.1. The Balaban J connectivity index is 2.04. The van der Waals surface area contributed by atoms with Crippen LogP contribution in [0, 0.1) is 18.3 Å². The molecule has 2 rings (SSSR count). The molecule has 1 aromatic rings. The van der Waals surface area contributed by atoms with Crippen molar-refractivity contribution in [2.75, 3.05) is 20.6 Å². The Labute approximate surface area is 131 Å². The fourth-order valence-electron chi connectivity index (χ4n) is 2.95. The topological polar surface area (TPSA) is 52.3 Å². The number of thiazole rings is 1. The summed E-state index contributed by atoms with van der Waals surface area (Å²) in [6.07, 6.45) is 8.08. The van der Waals surface area contributed by atoms with E-state index in [1.54, 1.807) is 6.21 Å². The van der Waals surface area contributed by atoms with Gasteiger partial charge in [-0.2, -0.15) is 5.26 Å². The van der Waals surface area contributed by atoms with E-state index in [9.17, 15) is 5.26 Å². The van der Waals surface area contributed by atoms with Crippen LogP contribution in [0.3, 0.4) is 0 Å². The normalized spacial score (nSPS) is 19.8. The summed E-state index contributed by atoms with van der Waals surface area (Å²) >= 11 is 1.54. The predicted molar refractivity (Wildman–Crippen MR) is 88.1 cm³/mol. The molecule has 1 atom stereocenters. The number of likely N-dealkylation sites (N-methyl/N-ethyl adjacent to an activating group) is 1. The Morgan fingerprint density at radius 2 is 2.19 bits per heavy atom. The SMILES string of the molecule is Cc1csc([C@H](C#N)C=NCC2(N(C)C)CCCCC2)n1. The number of nitriles is 1. The number of aromatic nitrogens is 1. The molecule has 0 unspecified atom stereocenters. The molecule has 0 radical (unpaired) electrons. The van der Waals surface area contributed by atoms with Crippen molar-refractivity contribution in [2.24, 2.45) is 4.99 Å². The molecule has 1 aromatic heterocycles. The zero-order valence-electron chi connectivity index (χ0n) is 13.2. The molecular weight excluding hydrogens is 280 g/mol. The predicted octanol–water partition coefficient (Wildman–Crippen LogP) is 3.39. The van der Waals surface area contributed by atoms with Gasteiger partial charge in [-0.05, 0) is 33.9 Å². The third-order valence-corrected chi connectivity index (χ3v) is 5.46. The van der Waals surface area contributed by atoms with Crippen molar-refractivity contribution < 1.29 is 0 Å². The Kier molecular flexibility index (Phi) is 5.49. The third kappa shape index (κ3) is 3.90. The molecule has 1 fully saturated rings. The van der Waals surface area contributed by atoms with Gasteiger partial charge in [-0.1, -0.05) is 19.3 Å². The van der Waals surface area contributed by atoms with E-state index in [0.29, 0.717) is 0 Å². The van der Waals surface area contributed by atoms with Crippen LogP contribution in [0.15, 0.2) is 10.4 Å². The van der Waals surface area contributed by atoms with E-state index in [1.807, 2.05) is 12.3 Å². The summed E-state index contributed by atoms with van der Waals surface area (Å²) < 4.78 is 0. The third-order valence-electron chi connectivity index (χ3n) is 4.41. The fraction of sp³-hybridized carbons (Fsp3) is 0.688. The first-order valence-electron chi connectivity index (χ1n) is 7.56. The van der Waals surface area contributed by atoms with E-state index < -0.39 is 0 Å². The highest BCUT2D eigenvalue weighted by atomic mass is 32.1. The Bertz CT molecular complexity index is 521. The average molecular weight is 304 g/mol. The van der Waals surface area contributed by atoms with Gasteiger partial charge in [0.1, 0.15) is 10.9 Å². The van der Waals surface area contributed by atoms with Gasteiger partial charge in [0.05, 0.1) is 12.6 Å². The molecule has 0 aliphatic heterocycles. The van der Waals surface area contributed by atoms with Crippen molar-refractivity contribution in [3.63, 3.8) is 0 Å². The lowest BCUT2D eigenvalue weighted by atomic mass is 9.81. The van der Waals surface area contributed by atoms with E-state index in [1.165, 1.54) is 43.4 Å². The Morgan fingerprint density at radius 3 is 2.71 bits per heavy atom. The summed E-state index contributed by atoms with van der Waals surface area (Å²) in [4.78, 5) is 11.3. The van der Waals surface area contributed by atoms with Crippen LogP contribution < -0.4 is 0 Å². The number of aryl methyl sites for hydroxylation is 1. The van der Waals surface area contributed by atoms with Gasteiger partial charge >= 0.3 is 0 Å². The zero-order chi connectivity index (χ0) is 15.3. The van der Waals surface area contributed by atoms with Crippen molar-refractivity contribution in [3.05, 3.63) is 16.1 Å². The van der Waals surface area contributed by atoms with Crippen molar-refractivity contribution in [3.8, 4) is 6.07 Å². The van der Waals surface area contributed by atoms with E-state index in [-0.39, 0.29) is 11.5 Å². The lowest BCUT2D eigenvalue weighted by molar-refractivity contribution is 0.109. The van der Waals surface area contributed by atoms with Crippen molar-refractivity contribution in [1.29, 1.82) is 5.26 Å². The van der Waals surface area contributed by atoms with Gasteiger partial charge in [0, 0.05) is 22.8 Å². The molecule has 1 aliphatic carbocycles. The van der Waals surface area contributed by atoms with Gasteiger partial charge < -0.3 is 4.90 Å². The summed E-state index contributed by atoms with van der Waals surface area (Å²) in [6.45, 7) is 2.73. The van der Waals surface area contributed by atoms with Gasteiger partial charge in [0.25, 0.3) is 0 Å². The van der Waals surface area contributed by atoms with Gasteiger partial charge in [-0.25, -0.2) is 4.98 Å². The maximum Gasteiger partial charge on any atom is 0.133 e. The average Bonchev–Trinajstić information content (AvgIpc) is 2.91. The largest absolute Gasteiger partial charge is 0.302 e. The first-order chi connectivity index (χ1) is 10.1. The number of aliphatic imine (C=N–C) groups is 1. The van der Waals surface area contributed by atoms with Crippen LogP contribution in [0.5, 0.6) is 0 Å². The zero-order valence-corrected chi connectivity index (χ0v) is 14.0. The highest BCUT2D eigenvalue weighted by Gasteiger charge is 2.33. The van der Waals surface area contributed by atoms with Gasteiger partial charge in [0.2, 0.25) is 0 Å². The summed E-state index contributed by atoms with van der Waals surface area (Å²) in [5.74, 6) is -0.313. The Morgan fingerprint density at radius 1 is 1.48 bits per heavy atom. The molecule has 0 spiro atoms. The molecule has 114 valence electrons. The molecule has 1 heterocycles. The molecule has 0 N–H and O–H groups in total. The molecule has 0 aromatic carbocycles. The minimum absolute atomic E-state index is 0.174. The van der Waals surface area contributed by atoms with E-state index in [0.717, 1.165) is 17.2 Å². The van der Waals surface area contributed by atoms with E-state index in [4.69, 9.17) is 0 Å². The number of hydrogen-bond donors (Lipinski definition) is 0. The molecule has 4 nitrogen and oxygen atoms in total. The van der Waals surface area contributed by atoms with Crippen LogP contribution in [0.4, 0.5) is 0 Å². The molecule has 0 saturated heterocycles. The molecule has 5 heteroatoms. The second-order valence-corrected chi connectivity index (χ2v) is 6.99. The smallest absolute Gasteiger partial charge is 0.133 e. The minimum atomic E-state index is -0.313. The second-order valence-electron chi connectivity index (χ2n) is 6.10. The van der Waals surface area contributed by atoms with Gasteiger partial charge in [-0.3, -0.25) is 4.99 Å². The van der Waals surface area contributed by atoms with Crippen LogP contribution in [0.25, 0.3) is 0 Å². The first kappa shape index (κ1) is 16.1. The molecule has 1 saturated carbocycles. The molecule has 0 amide bonds. The van der Waals surface area contributed by atoms with Crippen molar-refractivity contribution in [2.45, 2.75) is 50.5 Å². The van der Waals surface area contributed by atoms with Crippen LogP contribution in [-0.4, -0.2) is 42.3 Å². The summed E-state index contributed by atoms with van der Waals surface area (Å²) in [5.41, 5.74) is 1.15. The fourth-order valence-corrected chi connectivity index (χ4v) is 3.75. The lowest BCUT2D eigenvalue weighted by Gasteiger charge is -2.42. The molecule has 1 aliphatic rings. The maximum absolute atomic E-state index is 9.31. The van der Waals surface area contributed by atoms with Gasteiger partial charge in [-0.15, -0.1) is 11.3 Å². The first-order valence-corrected chi connectivity index (χ1v) is 8.44. The Hall–Kier alpha value is -1.25. The van der Waals surface area contributed by atoms with Crippen molar-refractivity contribution >= 4 is 17.6 Å². The highest BCUT2D eigenvalue weighted by Crippen LogP contribution is 2.32. The summed E-state index contributed by atoms with van der Waals surface area (Å²) in [6, 6.07) is 2.30. The van der Waals surface area contributed by atoms with Crippen LogP contribution in [0.1, 0.15) is 48.7 Å². The number of rotatable bonds is 5. The lowest BCUT2D eigenvalue weighted by Crippen LogP contribution is -2.48. The van der Waals surface area contributed by atoms with Crippen LogP contribution in [-0.2, 0) is 0 Å². The van der Waals surface area contributed by atoms with Crippen LogP contribution >= 0.6 is 11.3 Å². The number of nitrogens with zero attached hydrogens (tertiary/aromatic N) is 4. The minimum Gasteiger partial charge on any atom is -0.302 e. The maximum atomic E-state index is 9.31. The molecule has 0 bridgehead atoms.